The Morgan fingerprint density at radius 2 is 2.07 bits per heavy atom. The molecule has 15 heavy (non-hydrogen) atoms. The summed E-state index contributed by atoms with van der Waals surface area (Å²) in [5, 5.41) is 0. The summed E-state index contributed by atoms with van der Waals surface area (Å²) in [4.78, 5) is 0. The van der Waals surface area contributed by atoms with Crippen molar-refractivity contribution in [2.45, 2.75) is 45.4 Å². The molecule has 0 N–H and O–H groups in total. The van der Waals surface area contributed by atoms with Gasteiger partial charge in [0.1, 0.15) is 0 Å². The molecule has 3 rings (SSSR count). The van der Waals surface area contributed by atoms with Gasteiger partial charge < -0.3 is 0 Å². The Kier molecular flexibility index (Phi) is 1.68. The van der Waals surface area contributed by atoms with Crippen molar-refractivity contribution in [3.8, 4) is 0 Å². The van der Waals surface area contributed by atoms with Gasteiger partial charge in [-0.1, -0.05) is 43.7 Å². The quantitative estimate of drug-likeness (QED) is 0.641. The molecule has 0 amide bonds. The van der Waals surface area contributed by atoms with Crippen LogP contribution in [-0.4, -0.2) is 0 Å². The van der Waals surface area contributed by atoms with Gasteiger partial charge in [-0.3, -0.25) is 0 Å². The minimum absolute atomic E-state index is 0.448. The normalized spacial score (nSPS) is 42.7. The Labute approximate surface area is 92.7 Å². The standard InChI is InChI=1S/C15H20/c1-11-5-4-6-12(9-11)14(2)8-7-13-10-15(13,14)3/h4-6,9,13H,7-8,10H2,1-3H3. The Morgan fingerprint density at radius 1 is 1.27 bits per heavy atom. The maximum Gasteiger partial charge on any atom is -0.00186 e. The molecule has 2 fully saturated rings. The lowest BCUT2D eigenvalue weighted by Crippen LogP contribution is -2.29. The summed E-state index contributed by atoms with van der Waals surface area (Å²) in [7, 11) is 0. The van der Waals surface area contributed by atoms with Gasteiger partial charge in [0, 0.05) is 0 Å². The maximum absolute atomic E-state index is 2.49. The molecule has 0 aromatic heterocycles. The van der Waals surface area contributed by atoms with E-state index in [-0.39, 0.29) is 0 Å². The summed E-state index contributed by atoms with van der Waals surface area (Å²) in [6, 6.07) is 9.15. The molecule has 3 unspecified atom stereocenters. The Morgan fingerprint density at radius 3 is 2.60 bits per heavy atom. The number of hydrogen-bond acceptors (Lipinski definition) is 0. The number of rotatable bonds is 1. The largest absolute Gasteiger partial charge is 0.0617 e. The van der Waals surface area contributed by atoms with Crippen molar-refractivity contribution in [2.24, 2.45) is 11.3 Å². The van der Waals surface area contributed by atoms with Crippen molar-refractivity contribution in [1.82, 2.24) is 0 Å². The highest BCUT2D eigenvalue weighted by Gasteiger charge is 2.65. The highest BCUT2D eigenvalue weighted by atomic mass is 14.7. The van der Waals surface area contributed by atoms with E-state index < -0.39 is 0 Å². The number of benzene rings is 1. The lowest BCUT2D eigenvalue weighted by molar-refractivity contribution is 0.311. The highest BCUT2D eigenvalue weighted by Crippen LogP contribution is 2.72. The average Bonchev–Trinajstić information content (AvgIpc) is 2.81. The number of fused-ring (bicyclic) bond motifs is 1. The molecule has 80 valence electrons. The molecule has 1 aromatic rings. The van der Waals surface area contributed by atoms with E-state index in [1.807, 2.05) is 0 Å². The van der Waals surface area contributed by atoms with Crippen LogP contribution in [0.25, 0.3) is 0 Å². The van der Waals surface area contributed by atoms with Crippen molar-refractivity contribution in [3.05, 3.63) is 35.4 Å². The summed E-state index contributed by atoms with van der Waals surface area (Å²) in [6.07, 6.45) is 4.29. The molecule has 2 saturated carbocycles. The van der Waals surface area contributed by atoms with Gasteiger partial charge in [-0.2, -0.15) is 0 Å². The van der Waals surface area contributed by atoms with Crippen LogP contribution in [0, 0.1) is 18.3 Å². The zero-order chi connectivity index (χ0) is 10.7. The van der Waals surface area contributed by atoms with Gasteiger partial charge in [0.15, 0.2) is 0 Å². The molecule has 0 heterocycles. The molecule has 0 heteroatoms. The van der Waals surface area contributed by atoms with Crippen LogP contribution >= 0.6 is 0 Å². The summed E-state index contributed by atoms with van der Waals surface area (Å²) < 4.78 is 0. The number of aryl methyl sites for hydroxylation is 1. The van der Waals surface area contributed by atoms with Gasteiger partial charge in [-0.05, 0) is 48.5 Å². The SMILES string of the molecule is Cc1cccc(C2(C)CCC3CC32C)c1. The van der Waals surface area contributed by atoms with Crippen LogP contribution in [-0.2, 0) is 5.41 Å². The second kappa shape index (κ2) is 2.66. The van der Waals surface area contributed by atoms with Crippen LogP contribution < -0.4 is 0 Å². The van der Waals surface area contributed by atoms with E-state index >= 15 is 0 Å². The zero-order valence-electron chi connectivity index (χ0n) is 10.0. The predicted molar refractivity (Wildman–Crippen MR) is 64.0 cm³/mol. The van der Waals surface area contributed by atoms with Gasteiger partial charge >= 0.3 is 0 Å². The first-order chi connectivity index (χ1) is 7.06. The molecule has 0 aliphatic heterocycles. The molecule has 0 bridgehead atoms. The minimum atomic E-state index is 0.448. The first-order valence-electron chi connectivity index (χ1n) is 6.13. The third-order valence-electron chi connectivity index (χ3n) is 5.32. The van der Waals surface area contributed by atoms with E-state index in [2.05, 4.69) is 45.0 Å². The van der Waals surface area contributed by atoms with Crippen LogP contribution in [0.4, 0.5) is 0 Å². The fourth-order valence-electron chi connectivity index (χ4n) is 3.76. The molecular weight excluding hydrogens is 180 g/mol. The van der Waals surface area contributed by atoms with Gasteiger partial charge in [0.2, 0.25) is 0 Å². The second-order valence-corrected chi connectivity index (χ2v) is 6.06. The first-order valence-corrected chi connectivity index (χ1v) is 6.13. The molecule has 2 aliphatic carbocycles. The maximum atomic E-state index is 2.49. The van der Waals surface area contributed by atoms with Gasteiger partial charge in [0.25, 0.3) is 0 Å². The fourth-order valence-corrected chi connectivity index (χ4v) is 3.76. The van der Waals surface area contributed by atoms with Gasteiger partial charge in [-0.15, -0.1) is 0 Å². The smallest absolute Gasteiger partial charge is 0.00186 e. The van der Waals surface area contributed by atoms with Crippen LogP contribution in [0.5, 0.6) is 0 Å². The molecular formula is C15H20. The van der Waals surface area contributed by atoms with E-state index in [1.165, 1.54) is 24.8 Å². The molecule has 0 spiro atoms. The van der Waals surface area contributed by atoms with E-state index in [0.29, 0.717) is 10.8 Å². The van der Waals surface area contributed by atoms with E-state index in [4.69, 9.17) is 0 Å². The van der Waals surface area contributed by atoms with Gasteiger partial charge in [-0.25, -0.2) is 0 Å². The van der Waals surface area contributed by atoms with E-state index in [9.17, 15) is 0 Å². The predicted octanol–water partition coefficient (Wildman–Crippen LogP) is 4.07. The van der Waals surface area contributed by atoms with E-state index in [0.717, 1.165) is 5.92 Å². The lowest BCUT2D eigenvalue weighted by atomic mass is 9.70. The Hall–Kier alpha value is -0.780. The fraction of sp³-hybridized carbons (Fsp3) is 0.600. The minimum Gasteiger partial charge on any atom is -0.0617 e. The van der Waals surface area contributed by atoms with Crippen LogP contribution in [0.2, 0.25) is 0 Å². The molecule has 1 aromatic carbocycles. The monoisotopic (exact) mass is 200 g/mol. The molecule has 0 saturated heterocycles. The van der Waals surface area contributed by atoms with Crippen molar-refractivity contribution in [1.29, 1.82) is 0 Å². The molecule has 3 atom stereocenters. The zero-order valence-corrected chi connectivity index (χ0v) is 10.0. The first kappa shape index (κ1) is 9.45. The highest BCUT2D eigenvalue weighted by molar-refractivity contribution is 5.36. The summed E-state index contributed by atoms with van der Waals surface area (Å²) in [6.45, 7) is 7.18. The van der Waals surface area contributed by atoms with Gasteiger partial charge in [0.05, 0.1) is 0 Å². The van der Waals surface area contributed by atoms with E-state index in [1.54, 1.807) is 5.56 Å². The van der Waals surface area contributed by atoms with Crippen molar-refractivity contribution in [3.63, 3.8) is 0 Å². The Bertz CT molecular complexity index is 404. The molecule has 0 nitrogen and oxygen atoms in total. The summed E-state index contributed by atoms with van der Waals surface area (Å²) >= 11 is 0. The summed E-state index contributed by atoms with van der Waals surface area (Å²) in [5.41, 5.74) is 4.04. The van der Waals surface area contributed by atoms with Crippen molar-refractivity contribution in [2.75, 3.05) is 0 Å². The third-order valence-corrected chi connectivity index (χ3v) is 5.32. The van der Waals surface area contributed by atoms with Crippen LogP contribution in [0.15, 0.2) is 24.3 Å². The van der Waals surface area contributed by atoms with Crippen LogP contribution in [0.1, 0.15) is 44.2 Å². The molecule has 0 radical (unpaired) electrons. The Balaban J connectivity index is 2.06. The average molecular weight is 200 g/mol. The van der Waals surface area contributed by atoms with Crippen molar-refractivity contribution < 1.29 is 0 Å². The second-order valence-electron chi connectivity index (χ2n) is 6.06. The molecule has 2 aliphatic rings. The van der Waals surface area contributed by atoms with Crippen molar-refractivity contribution >= 4 is 0 Å². The third kappa shape index (κ3) is 1.08. The summed E-state index contributed by atoms with van der Waals surface area (Å²) in [5.74, 6) is 1.02. The van der Waals surface area contributed by atoms with Crippen LogP contribution in [0.3, 0.4) is 0 Å². The number of hydrogen-bond donors (Lipinski definition) is 0. The lowest BCUT2D eigenvalue weighted by Gasteiger charge is -2.33. The topological polar surface area (TPSA) is 0 Å².